The normalized spacial score (nSPS) is 24.9. The molecule has 0 aliphatic carbocycles. The van der Waals surface area contributed by atoms with Crippen LogP contribution in [0.25, 0.3) is 0 Å². The van der Waals surface area contributed by atoms with Crippen molar-refractivity contribution in [2.75, 3.05) is 50.0 Å². The molecular weight excluding hydrogens is 240 g/mol. The molecule has 2 N–H and O–H groups in total. The van der Waals surface area contributed by atoms with Crippen molar-refractivity contribution in [3.8, 4) is 0 Å². The van der Waals surface area contributed by atoms with Crippen LogP contribution >= 0.6 is 0 Å². The van der Waals surface area contributed by atoms with Crippen molar-refractivity contribution in [1.82, 2.24) is 9.88 Å². The maximum Gasteiger partial charge on any atom is 0.131 e. The highest BCUT2D eigenvalue weighted by molar-refractivity contribution is 5.53. The third kappa shape index (κ3) is 2.67. The Bertz CT molecular complexity index is 445. The fourth-order valence-electron chi connectivity index (χ4n) is 3.10. The van der Waals surface area contributed by atoms with Crippen molar-refractivity contribution in [2.45, 2.75) is 19.4 Å². The molecule has 1 unspecified atom stereocenters. The fourth-order valence-corrected chi connectivity index (χ4v) is 3.10. The predicted molar refractivity (Wildman–Crippen MR) is 76.4 cm³/mol. The van der Waals surface area contributed by atoms with Crippen molar-refractivity contribution in [3.63, 3.8) is 0 Å². The molecule has 104 valence electrons. The van der Waals surface area contributed by atoms with Gasteiger partial charge in [0.05, 0.1) is 25.1 Å². The second-order valence-corrected chi connectivity index (χ2v) is 5.45. The number of hydrogen-bond acceptors (Lipinski definition) is 5. The quantitative estimate of drug-likeness (QED) is 0.857. The number of aromatic nitrogens is 1. The highest BCUT2D eigenvalue weighted by Crippen LogP contribution is 2.25. The lowest BCUT2D eigenvalue weighted by Crippen LogP contribution is -2.44. The van der Waals surface area contributed by atoms with Gasteiger partial charge < -0.3 is 15.4 Å². The number of ether oxygens (including phenoxy) is 1. The Labute approximate surface area is 114 Å². The fraction of sp³-hybridized carbons (Fsp3) is 0.643. The van der Waals surface area contributed by atoms with E-state index in [9.17, 15) is 0 Å². The number of hydrogen-bond donors (Lipinski definition) is 1. The number of nitrogens with zero attached hydrogens (tertiary/aromatic N) is 3. The van der Waals surface area contributed by atoms with E-state index < -0.39 is 0 Å². The van der Waals surface area contributed by atoms with E-state index in [1.54, 1.807) is 6.20 Å². The number of rotatable bonds is 2. The zero-order chi connectivity index (χ0) is 13.2. The lowest BCUT2D eigenvalue weighted by atomic mass is 10.2. The van der Waals surface area contributed by atoms with Crippen molar-refractivity contribution in [2.24, 2.45) is 0 Å². The van der Waals surface area contributed by atoms with Gasteiger partial charge in [0, 0.05) is 32.2 Å². The van der Waals surface area contributed by atoms with Crippen LogP contribution in [0.5, 0.6) is 0 Å². The molecule has 0 saturated carbocycles. The van der Waals surface area contributed by atoms with Gasteiger partial charge in [-0.25, -0.2) is 4.98 Å². The Morgan fingerprint density at radius 2 is 2.11 bits per heavy atom. The first-order chi connectivity index (χ1) is 9.24. The average molecular weight is 262 g/mol. The molecule has 0 aromatic carbocycles. The number of anilines is 2. The largest absolute Gasteiger partial charge is 0.397 e. The van der Waals surface area contributed by atoms with Gasteiger partial charge in [0.25, 0.3) is 0 Å². The third-order valence-corrected chi connectivity index (χ3v) is 4.10. The number of nitrogen functional groups attached to an aromatic ring is 1. The molecule has 5 nitrogen and oxygen atoms in total. The molecule has 0 bridgehead atoms. The molecular formula is C14H22N4O. The SMILES string of the molecule is Cc1cc(N)cnc1N1CCC(N2CCOCC2)C1. The van der Waals surface area contributed by atoms with Crippen LogP contribution in [-0.2, 0) is 4.74 Å². The van der Waals surface area contributed by atoms with Crippen molar-refractivity contribution < 1.29 is 4.74 Å². The smallest absolute Gasteiger partial charge is 0.131 e. The first kappa shape index (κ1) is 12.7. The summed E-state index contributed by atoms with van der Waals surface area (Å²) in [6, 6.07) is 2.65. The minimum absolute atomic E-state index is 0.641. The molecule has 0 amide bonds. The van der Waals surface area contributed by atoms with Crippen molar-refractivity contribution >= 4 is 11.5 Å². The maximum atomic E-state index is 5.77. The molecule has 0 radical (unpaired) electrons. The highest BCUT2D eigenvalue weighted by atomic mass is 16.5. The van der Waals surface area contributed by atoms with Crippen LogP contribution in [0.4, 0.5) is 11.5 Å². The van der Waals surface area contributed by atoms with Crippen molar-refractivity contribution in [1.29, 1.82) is 0 Å². The summed E-state index contributed by atoms with van der Waals surface area (Å²) in [7, 11) is 0. The van der Waals surface area contributed by atoms with E-state index in [0.29, 0.717) is 6.04 Å². The van der Waals surface area contributed by atoms with Gasteiger partial charge >= 0.3 is 0 Å². The monoisotopic (exact) mass is 262 g/mol. The van der Waals surface area contributed by atoms with Crippen LogP contribution < -0.4 is 10.6 Å². The molecule has 0 spiro atoms. The lowest BCUT2D eigenvalue weighted by Gasteiger charge is -2.32. The molecule has 3 heterocycles. The molecule has 1 atom stereocenters. The first-order valence-corrected chi connectivity index (χ1v) is 7.03. The van der Waals surface area contributed by atoms with E-state index in [1.807, 2.05) is 6.07 Å². The zero-order valence-electron chi connectivity index (χ0n) is 11.5. The number of pyridine rings is 1. The summed E-state index contributed by atoms with van der Waals surface area (Å²) in [5.41, 5.74) is 7.68. The molecule has 2 aliphatic rings. The van der Waals surface area contributed by atoms with Gasteiger partial charge in [-0.05, 0) is 25.0 Å². The van der Waals surface area contributed by atoms with Crippen LogP contribution in [0.2, 0.25) is 0 Å². The van der Waals surface area contributed by atoms with Crippen LogP contribution in [0.1, 0.15) is 12.0 Å². The molecule has 1 aromatic heterocycles. The van der Waals surface area contributed by atoms with Gasteiger partial charge in [-0.3, -0.25) is 4.90 Å². The third-order valence-electron chi connectivity index (χ3n) is 4.10. The summed E-state index contributed by atoms with van der Waals surface area (Å²) in [6.07, 6.45) is 2.97. The average Bonchev–Trinajstić information content (AvgIpc) is 2.89. The van der Waals surface area contributed by atoms with Crippen LogP contribution in [-0.4, -0.2) is 55.3 Å². The number of morpholine rings is 1. The first-order valence-electron chi connectivity index (χ1n) is 7.03. The maximum absolute atomic E-state index is 5.77. The zero-order valence-corrected chi connectivity index (χ0v) is 11.5. The minimum Gasteiger partial charge on any atom is -0.397 e. The Hall–Kier alpha value is -1.33. The van der Waals surface area contributed by atoms with Gasteiger partial charge in [0.2, 0.25) is 0 Å². The minimum atomic E-state index is 0.641. The molecule has 19 heavy (non-hydrogen) atoms. The molecule has 2 aliphatic heterocycles. The van der Waals surface area contributed by atoms with E-state index in [1.165, 1.54) is 12.0 Å². The van der Waals surface area contributed by atoms with E-state index in [2.05, 4.69) is 21.7 Å². The van der Waals surface area contributed by atoms with Gasteiger partial charge in [-0.15, -0.1) is 0 Å². The summed E-state index contributed by atoms with van der Waals surface area (Å²) in [6.45, 7) is 8.10. The number of aryl methyl sites for hydroxylation is 1. The second-order valence-electron chi connectivity index (χ2n) is 5.45. The Morgan fingerprint density at radius 1 is 1.32 bits per heavy atom. The Balaban J connectivity index is 1.67. The standard InChI is InChI=1S/C14H22N4O/c1-11-8-12(15)9-16-14(11)18-3-2-13(10-18)17-4-6-19-7-5-17/h8-9,13H,2-7,10,15H2,1H3. The lowest BCUT2D eigenvalue weighted by molar-refractivity contribution is 0.0209. The van der Waals surface area contributed by atoms with Gasteiger partial charge in [0.1, 0.15) is 5.82 Å². The summed E-state index contributed by atoms with van der Waals surface area (Å²) >= 11 is 0. The summed E-state index contributed by atoms with van der Waals surface area (Å²) < 4.78 is 5.42. The van der Waals surface area contributed by atoms with E-state index in [-0.39, 0.29) is 0 Å². The second kappa shape index (κ2) is 5.35. The summed E-state index contributed by atoms with van der Waals surface area (Å²) in [5, 5.41) is 0. The van der Waals surface area contributed by atoms with Crippen LogP contribution in [0, 0.1) is 6.92 Å². The number of nitrogens with two attached hydrogens (primary N) is 1. The summed E-state index contributed by atoms with van der Waals surface area (Å²) in [5.74, 6) is 1.09. The highest BCUT2D eigenvalue weighted by Gasteiger charge is 2.29. The molecule has 1 aromatic rings. The van der Waals surface area contributed by atoms with Gasteiger partial charge in [0.15, 0.2) is 0 Å². The molecule has 2 fully saturated rings. The predicted octanol–water partition coefficient (Wildman–Crippen LogP) is 0.883. The Morgan fingerprint density at radius 3 is 2.84 bits per heavy atom. The molecule has 5 heteroatoms. The summed E-state index contributed by atoms with van der Waals surface area (Å²) in [4.78, 5) is 9.43. The topological polar surface area (TPSA) is 54.6 Å². The van der Waals surface area contributed by atoms with Crippen LogP contribution in [0.15, 0.2) is 12.3 Å². The molecule has 2 saturated heterocycles. The van der Waals surface area contributed by atoms with E-state index in [0.717, 1.165) is 50.9 Å². The van der Waals surface area contributed by atoms with Crippen LogP contribution in [0.3, 0.4) is 0 Å². The van der Waals surface area contributed by atoms with Crippen molar-refractivity contribution in [3.05, 3.63) is 17.8 Å². The van der Waals surface area contributed by atoms with E-state index >= 15 is 0 Å². The Kier molecular flexibility index (Phi) is 3.57. The van der Waals surface area contributed by atoms with Gasteiger partial charge in [-0.2, -0.15) is 0 Å². The van der Waals surface area contributed by atoms with Gasteiger partial charge in [-0.1, -0.05) is 0 Å². The molecule has 3 rings (SSSR count). The van der Waals surface area contributed by atoms with E-state index in [4.69, 9.17) is 10.5 Å².